The third-order valence-electron chi connectivity index (χ3n) is 4.88. The van der Waals surface area contributed by atoms with Gasteiger partial charge in [-0.3, -0.25) is 4.79 Å². The smallest absolute Gasteiger partial charge is 0.390 e. The molecule has 0 fully saturated rings. The zero-order chi connectivity index (χ0) is 22.2. The van der Waals surface area contributed by atoms with E-state index in [0.717, 1.165) is 17.7 Å². The average molecular weight is 458 g/mol. The summed E-state index contributed by atoms with van der Waals surface area (Å²) in [7, 11) is 0. The molecule has 0 saturated heterocycles. The Morgan fingerprint density at radius 1 is 0.871 bits per heavy atom. The van der Waals surface area contributed by atoms with Crippen molar-refractivity contribution in [2.75, 3.05) is 5.73 Å². The summed E-state index contributed by atoms with van der Waals surface area (Å²) in [6.07, 6.45) is -3.77. The van der Waals surface area contributed by atoms with Crippen LogP contribution in [0.5, 0.6) is 0 Å². The molecule has 0 aliphatic rings. The van der Waals surface area contributed by atoms with Crippen molar-refractivity contribution >= 4 is 34.2 Å². The molecule has 0 spiro atoms. The lowest BCUT2D eigenvalue weighted by molar-refractivity contribution is -0.137. The number of carbonyl (C=O) groups is 1. The van der Waals surface area contributed by atoms with Gasteiger partial charge < -0.3 is 5.73 Å². The first-order valence-electron chi connectivity index (χ1n) is 9.20. The predicted molar refractivity (Wildman–Crippen MR) is 120 cm³/mol. The molecule has 4 rings (SSSR count). The summed E-state index contributed by atoms with van der Waals surface area (Å²) in [5, 5.41) is 0.951. The van der Waals surface area contributed by atoms with Crippen LogP contribution in [0.15, 0.2) is 72.8 Å². The number of hydrogen-bond donors (Lipinski definition) is 1. The van der Waals surface area contributed by atoms with E-state index in [0.29, 0.717) is 49.0 Å². The van der Waals surface area contributed by atoms with Gasteiger partial charge in [-0.15, -0.1) is 11.3 Å². The van der Waals surface area contributed by atoms with E-state index in [1.807, 2.05) is 0 Å². The molecular weight excluding hydrogens is 443 g/mol. The number of nitrogen functional groups attached to an aromatic ring is 1. The molecule has 0 saturated carbocycles. The topological polar surface area (TPSA) is 43.1 Å². The molecule has 0 radical (unpaired) electrons. The number of benzene rings is 3. The summed E-state index contributed by atoms with van der Waals surface area (Å²) in [4.78, 5) is 12.4. The predicted octanol–water partition coefficient (Wildman–Crippen LogP) is 7.82. The highest BCUT2D eigenvalue weighted by Gasteiger charge is 2.31. The summed E-state index contributed by atoms with van der Waals surface area (Å²) >= 11 is 7.27. The lowest BCUT2D eigenvalue weighted by Crippen LogP contribution is -2.04. The van der Waals surface area contributed by atoms with E-state index in [1.165, 1.54) is 17.4 Å². The maximum absolute atomic E-state index is 13.4. The molecule has 3 aromatic carbocycles. The first kappa shape index (κ1) is 21.2. The molecule has 7 heteroatoms. The van der Waals surface area contributed by atoms with Crippen molar-refractivity contribution < 1.29 is 18.0 Å². The molecule has 2 nitrogen and oxygen atoms in total. The van der Waals surface area contributed by atoms with E-state index in [9.17, 15) is 18.0 Å². The molecule has 0 amide bonds. The zero-order valence-electron chi connectivity index (χ0n) is 15.9. The highest BCUT2D eigenvalue weighted by molar-refractivity contribution is 7.20. The van der Waals surface area contributed by atoms with Crippen LogP contribution in [0, 0.1) is 0 Å². The van der Waals surface area contributed by atoms with Gasteiger partial charge in [0.25, 0.3) is 0 Å². The molecule has 2 N–H and O–H groups in total. The van der Waals surface area contributed by atoms with Crippen LogP contribution in [0.25, 0.3) is 32.7 Å². The van der Waals surface area contributed by atoms with Crippen molar-refractivity contribution in [3.63, 3.8) is 0 Å². The minimum atomic E-state index is -4.49. The van der Waals surface area contributed by atoms with Crippen molar-refractivity contribution in [2.24, 2.45) is 0 Å². The van der Waals surface area contributed by atoms with Crippen molar-refractivity contribution in [3.05, 3.63) is 88.9 Å². The van der Waals surface area contributed by atoms with E-state index >= 15 is 0 Å². The Balaban J connectivity index is 2.06. The Bertz CT molecular complexity index is 1260. The fourth-order valence-electron chi connectivity index (χ4n) is 3.47. The first-order valence-corrected chi connectivity index (χ1v) is 10.4. The van der Waals surface area contributed by atoms with Crippen molar-refractivity contribution in [1.29, 1.82) is 0 Å². The van der Waals surface area contributed by atoms with Crippen molar-refractivity contribution in [3.8, 4) is 32.7 Å². The van der Waals surface area contributed by atoms with Crippen LogP contribution in [0.1, 0.15) is 15.9 Å². The van der Waals surface area contributed by atoms with Gasteiger partial charge in [0.05, 0.1) is 10.6 Å². The van der Waals surface area contributed by atoms with Crippen LogP contribution in [-0.4, -0.2) is 6.29 Å². The maximum Gasteiger partial charge on any atom is 0.416 e. The number of hydrogen-bond acceptors (Lipinski definition) is 3. The van der Waals surface area contributed by atoms with Gasteiger partial charge in [-0.2, -0.15) is 13.2 Å². The molecular formula is C24H15ClF3NOS. The van der Waals surface area contributed by atoms with Crippen molar-refractivity contribution in [2.45, 2.75) is 6.18 Å². The van der Waals surface area contributed by atoms with Crippen molar-refractivity contribution in [1.82, 2.24) is 0 Å². The quantitative estimate of drug-likeness (QED) is 0.317. The standard InChI is InChI=1S/C24H15ClF3NOS/c25-18-10-8-14(9-11-18)22-20(15-5-3-6-17(12-15)24(26,27)28)21(23(29)31-22)19-7-2-1-4-16(19)13-30/h1-13H,29H2. The summed E-state index contributed by atoms with van der Waals surface area (Å²) in [6.45, 7) is 0. The number of carbonyl (C=O) groups excluding carboxylic acids is 1. The van der Waals surface area contributed by atoms with E-state index < -0.39 is 11.7 Å². The second-order valence-corrected chi connectivity index (χ2v) is 8.32. The molecule has 1 heterocycles. The number of thiophene rings is 1. The highest BCUT2D eigenvalue weighted by atomic mass is 35.5. The fourth-order valence-corrected chi connectivity index (χ4v) is 4.71. The lowest BCUT2D eigenvalue weighted by Gasteiger charge is -2.13. The Morgan fingerprint density at radius 3 is 2.26 bits per heavy atom. The molecule has 0 aliphatic carbocycles. The molecule has 156 valence electrons. The SMILES string of the molecule is Nc1sc(-c2ccc(Cl)cc2)c(-c2cccc(C(F)(F)F)c2)c1-c1ccccc1C=O. The largest absolute Gasteiger partial charge is 0.416 e. The first-order chi connectivity index (χ1) is 14.8. The number of aldehydes is 1. The molecule has 0 atom stereocenters. The normalized spacial score (nSPS) is 11.5. The van der Waals surface area contributed by atoms with Gasteiger partial charge in [0.1, 0.15) is 0 Å². The van der Waals surface area contributed by atoms with Gasteiger partial charge in [-0.25, -0.2) is 0 Å². The number of rotatable bonds is 4. The number of halogens is 4. The maximum atomic E-state index is 13.4. The van der Waals surface area contributed by atoms with Gasteiger partial charge in [-0.1, -0.05) is 60.1 Å². The Morgan fingerprint density at radius 2 is 1.58 bits per heavy atom. The molecule has 1 aromatic heterocycles. The van der Waals surface area contributed by atoms with Gasteiger partial charge in [0.2, 0.25) is 0 Å². The van der Waals surface area contributed by atoms with Crippen LogP contribution in [0.4, 0.5) is 18.2 Å². The van der Waals surface area contributed by atoms with Crippen LogP contribution >= 0.6 is 22.9 Å². The Hall–Kier alpha value is -3.09. The summed E-state index contributed by atoms with van der Waals surface area (Å²) in [5.74, 6) is 0. The second-order valence-electron chi connectivity index (χ2n) is 6.84. The van der Waals surface area contributed by atoms with Gasteiger partial charge in [-0.05, 0) is 41.0 Å². The van der Waals surface area contributed by atoms with Crippen LogP contribution in [-0.2, 0) is 6.18 Å². The average Bonchev–Trinajstić information content (AvgIpc) is 3.10. The minimum absolute atomic E-state index is 0.364. The lowest BCUT2D eigenvalue weighted by atomic mass is 9.91. The van der Waals surface area contributed by atoms with Crippen LogP contribution in [0.2, 0.25) is 5.02 Å². The second kappa shape index (κ2) is 8.21. The van der Waals surface area contributed by atoms with Gasteiger partial charge in [0.15, 0.2) is 6.29 Å². The number of nitrogens with two attached hydrogens (primary N) is 1. The van der Waals surface area contributed by atoms with Crippen LogP contribution < -0.4 is 5.73 Å². The molecule has 0 bridgehead atoms. The fraction of sp³-hybridized carbons (Fsp3) is 0.0417. The number of anilines is 1. The Labute approximate surface area is 185 Å². The van der Waals surface area contributed by atoms with Gasteiger partial charge in [0, 0.05) is 26.6 Å². The van der Waals surface area contributed by atoms with E-state index in [2.05, 4.69) is 0 Å². The molecule has 0 unspecified atom stereocenters. The number of alkyl halides is 3. The summed E-state index contributed by atoms with van der Waals surface area (Å²) in [6, 6.07) is 19.0. The zero-order valence-corrected chi connectivity index (χ0v) is 17.5. The monoisotopic (exact) mass is 457 g/mol. The highest BCUT2D eigenvalue weighted by Crippen LogP contribution is 2.50. The van der Waals surface area contributed by atoms with E-state index in [4.69, 9.17) is 17.3 Å². The Kier molecular flexibility index (Phi) is 5.60. The minimum Gasteiger partial charge on any atom is -0.390 e. The van der Waals surface area contributed by atoms with Gasteiger partial charge >= 0.3 is 6.18 Å². The van der Waals surface area contributed by atoms with E-state index in [-0.39, 0.29) is 0 Å². The molecule has 4 aromatic rings. The third kappa shape index (κ3) is 4.09. The van der Waals surface area contributed by atoms with Crippen LogP contribution in [0.3, 0.4) is 0 Å². The summed E-state index contributed by atoms with van der Waals surface area (Å²) in [5.41, 5.74) is 8.81. The molecule has 0 aliphatic heterocycles. The van der Waals surface area contributed by atoms with E-state index in [1.54, 1.807) is 54.6 Å². The third-order valence-corrected chi connectivity index (χ3v) is 6.20. The summed E-state index contributed by atoms with van der Waals surface area (Å²) < 4.78 is 40.2. The molecule has 31 heavy (non-hydrogen) atoms.